The number of aromatic nitrogens is 4. The zero-order valence-electron chi connectivity index (χ0n) is 21.2. The number of carbonyl (C=O) groups excluding carboxylic acids is 1. The molecule has 206 valence electrons. The zero-order chi connectivity index (χ0) is 27.6. The highest BCUT2D eigenvalue weighted by Crippen LogP contribution is 2.50. The first kappa shape index (κ1) is 27.3. The lowest BCUT2D eigenvalue weighted by Gasteiger charge is -2.37. The van der Waals surface area contributed by atoms with Gasteiger partial charge in [-0.1, -0.05) is 36.9 Å². The molecule has 11 heteroatoms. The van der Waals surface area contributed by atoms with Gasteiger partial charge in [0.2, 0.25) is 5.88 Å². The Labute approximate surface area is 228 Å². The number of aromatic amines is 1. The summed E-state index contributed by atoms with van der Waals surface area (Å²) in [5.41, 5.74) is -1.42. The molecule has 2 saturated carbocycles. The molecule has 2 aromatic heterocycles. The van der Waals surface area contributed by atoms with Gasteiger partial charge in [0.1, 0.15) is 23.1 Å². The van der Waals surface area contributed by atoms with E-state index in [9.17, 15) is 22.8 Å². The van der Waals surface area contributed by atoms with E-state index in [2.05, 4.69) is 19.9 Å². The van der Waals surface area contributed by atoms with Gasteiger partial charge in [-0.05, 0) is 62.3 Å². The Balaban J connectivity index is 1.35. The lowest BCUT2D eigenvalue weighted by atomic mass is 9.69. The summed E-state index contributed by atoms with van der Waals surface area (Å²) in [5.74, 6) is -0.00461. The van der Waals surface area contributed by atoms with Gasteiger partial charge in [-0.2, -0.15) is 18.2 Å². The number of nitrogens with one attached hydrogen (secondary N) is 1. The molecular formula is C28H28ClF3N4O3. The van der Waals surface area contributed by atoms with Crippen LogP contribution in [-0.2, 0) is 11.2 Å². The molecule has 2 heterocycles. The summed E-state index contributed by atoms with van der Waals surface area (Å²) in [6.45, 7) is 0. The average Bonchev–Trinajstić information content (AvgIpc) is 2.90. The maximum absolute atomic E-state index is 13.9. The van der Waals surface area contributed by atoms with Crippen LogP contribution in [0, 0.1) is 5.41 Å². The molecule has 0 bridgehead atoms. The molecule has 0 aliphatic heterocycles. The molecule has 0 radical (unpaired) electrons. The van der Waals surface area contributed by atoms with E-state index < -0.39 is 23.1 Å². The number of hydrogen-bond acceptors (Lipinski definition) is 6. The third-order valence-electron chi connectivity index (χ3n) is 7.69. The third-order valence-corrected chi connectivity index (χ3v) is 8.02. The number of pyridine rings is 1. The van der Waals surface area contributed by atoms with Crippen molar-refractivity contribution >= 4 is 17.4 Å². The molecule has 0 spiro atoms. The van der Waals surface area contributed by atoms with Gasteiger partial charge in [-0.15, -0.1) is 0 Å². The van der Waals surface area contributed by atoms with Crippen molar-refractivity contribution in [3.8, 4) is 28.7 Å². The maximum atomic E-state index is 13.9. The lowest BCUT2D eigenvalue weighted by molar-refractivity contribution is -0.228. The molecule has 0 saturated heterocycles. The highest BCUT2D eigenvalue weighted by molar-refractivity contribution is 6.33. The van der Waals surface area contributed by atoms with Crippen LogP contribution in [0.25, 0.3) is 22.8 Å². The number of H-pyrrole nitrogens is 1. The molecule has 2 fully saturated rings. The number of alkyl halides is 3. The first-order valence-electron chi connectivity index (χ1n) is 13.1. The van der Waals surface area contributed by atoms with Crippen LogP contribution in [0.3, 0.4) is 0 Å². The van der Waals surface area contributed by atoms with Crippen molar-refractivity contribution in [3.63, 3.8) is 0 Å². The van der Waals surface area contributed by atoms with Gasteiger partial charge < -0.3 is 4.74 Å². The number of halogens is 4. The van der Waals surface area contributed by atoms with Crippen molar-refractivity contribution in [1.82, 2.24) is 19.9 Å². The third kappa shape index (κ3) is 5.85. The van der Waals surface area contributed by atoms with Crippen molar-refractivity contribution in [2.75, 3.05) is 0 Å². The minimum atomic E-state index is -4.57. The fraction of sp³-hybridized carbons (Fsp3) is 0.464. The van der Waals surface area contributed by atoms with Crippen LogP contribution in [0.4, 0.5) is 13.2 Å². The van der Waals surface area contributed by atoms with E-state index in [0.29, 0.717) is 41.8 Å². The monoisotopic (exact) mass is 560 g/mol. The van der Waals surface area contributed by atoms with Gasteiger partial charge in [0.15, 0.2) is 5.82 Å². The average molecular weight is 561 g/mol. The van der Waals surface area contributed by atoms with Crippen LogP contribution in [0.5, 0.6) is 5.88 Å². The van der Waals surface area contributed by atoms with Gasteiger partial charge in [0.25, 0.3) is 0 Å². The highest BCUT2D eigenvalue weighted by Gasteiger charge is 2.58. The molecule has 1 N–H and O–H groups in total. The van der Waals surface area contributed by atoms with E-state index in [0.717, 1.165) is 19.3 Å². The number of aryl methyl sites for hydroxylation is 1. The van der Waals surface area contributed by atoms with Gasteiger partial charge in [0.05, 0.1) is 5.02 Å². The molecule has 1 aromatic carbocycles. The summed E-state index contributed by atoms with van der Waals surface area (Å²) in [7, 11) is 0. The quantitative estimate of drug-likeness (QED) is 0.338. The molecule has 39 heavy (non-hydrogen) atoms. The molecule has 7 nitrogen and oxygen atoms in total. The van der Waals surface area contributed by atoms with Crippen LogP contribution >= 0.6 is 11.6 Å². The number of carbonyl (C=O) groups is 1. The van der Waals surface area contributed by atoms with E-state index in [1.54, 1.807) is 30.3 Å². The van der Waals surface area contributed by atoms with Crippen LogP contribution in [0.2, 0.25) is 5.02 Å². The summed E-state index contributed by atoms with van der Waals surface area (Å²) >= 11 is 6.41. The molecule has 0 unspecified atom stereocenters. The second-order valence-electron chi connectivity index (χ2n) is 10.3. The predicted octanol–water partition coefficient (Wildman–Crippen LogP) is 6.49. The van der Waals surface area contributed by atoms with Gasteiger partial charge in [-0.3, -0.25) is 9.78 Å². The maximum Gasteiger partial charge on any atom is 0.401 e. The van der Waals surface area contributed by atoms with Crippen molar-refractivity contribution in [2.24, 2.45) is 5.41 Å². The van der Waals surface area contributed by atoms with Crippen LogP contribution in [0.15, 0.2) is 41.3 Å². The van der Waals surface area contributed by atoms with E-state index in [4.69, 9.17) is 16.3 Å². The predicted molar refractivity (Wildman–Crippen MR) is 139 cm³/mol. The fourth-order valence-corrected chi connectivity index (χ4v) is 5.37. The SMILES string of the molecule is O=C(CCc1ccc(Cl)c(-c2nc(-c3ccc(OC4CCC4)nc3)nc(=O)[nH]2)c1)C1(C(F)(F)F)CCCCC1. The highest BCUT2D eigenvalue weighted by atomic mass is 35.5. The topological polar surface area (TPSA) is 97.8 Å². The number of Topliss-reactive ketones (excluding diaryl/α,β-unsaturated/α-hetero) is 1. The Kier molecular flexibility index (Phi) is 7.75. The Bertz CT molecular complexity index is 1400. The Morgan fingerprint density at radius 2 is 1.85 bits per heavy atom. The van der Waals surface area contributed by atoms with Crippen molar-refractivity contribution in [2.45, 2.75) is 76.5 Å². The number of nitrogens with zero attached hydrogens (tertiary/aromatic N) is 3. The van der Waals surface area contributed by atoms with Gasteiger partial charge in [-0.25, -0.2) is 14.8 Å². The number of benzene rings is 1. The first-order valence-corrected chi connectivity index (χ1v) is 13.5. The molecule has 2 aliphatic carbocycles. The fourth-order valence-electron chi connectivity index (χ4n) is 5.16. The molecule has 0 atom stereocenters. The number of ether oxygens (including phenoxy) is 1. The Morgan fingerprint density at radius 1 is 1.08 bits per heavy atom. The summed E-state index contributed by atoms with van der Waals surface area (Å²) in [5, 5.41) is 0.284. The van der Waals surface area contributed by atoms with E-state index in [1.807, 2.05) is 0 Å². The summed E-state index contributed by atoms with van der Waals surface area (Å²) in [6, 6.07) is 8.27. The number of hydrogen-bond donors (Lipinski definition) is 1. The van der Waals surface area contributed by atoms with Crippen LogP contribution < -0.4 is 10.4 Å². The molecule has 0 amide bonds. The van der Waals surface area contributed by atoms with Crippen molar-refractivity contribution in [1.29, 1.82) is 0 Å². The van der Waals surface area contributed by atoms with Gasteiger partial charge >= 0.3 is 11.9 Å². The standard InChI is InChI=1S/C28H28ClF3N4O3/c29-21-10-7-17(8-11-22(37)27(28(30,31)32)13-2-1-3-14-27)15-20(21)25-34-24(35-26(38)36-25)18-9-12-23(33-16-18)39-19-5-4-6-19/h7,9-10,12,15-16,19H,1-6,8,11,13-14H2,(H,34,35,36,38). The molecule has 2 aliphatic rings. The summed E-state index contributed by atoms with van der Waals surface area (Å²) < 4.78 is 47.5. The Hall–Kier alpha value is -3.27. The van der Waals surface area contributed by atoms with E-state index >= 15 is 0 Å². The van der Waals surface area contributed by atoms with E-state index in [1.165, 1.54) is 6.20 Å². The Morgan fingerprint density at radius 3 is 2.49 bits per heavy atom. The van der Waals surface area contributed by atoms with E-state index in [-0.39, 0.29) is 48.5 Å². The minimum Gasteiger partial charge on any atom is -0.474 e. The second-order valence-corrected chi connectivity index (χ2v) is 10.7. The molecule has 5 rings (SSSR count). The van der Waals surface area contributed by atoms with Crippen molar-refractivity contribution in [3.05, 3.63) is 57.6 Å². The molecule has 3 aromatic rings. The second kappa shape index (κ2) is 11.1. The number of rotatable bonds is 8. The molecular weight excluding hydrogens is 533 g/mol. The first-order chi connectivity index (χ1) is 18.6. The number of ketones is 1. The summed E-state index contributed by atoms with van der Waals surface area (Å²) in [4.78, 5) is 40.5. The largest absolute Gasteiger partial charge is 0.474 e. The minimum absolute atomic E-state index is 0.107. The summed E-state index contributed by atoms with van der Waals surface area (Å²) in [6.07, 6.45) is 1.32. The smallest absolute Gasteiger partial charge is 0.401 e. The normalized spacial score (nSPS) is 17.4. The van der Waals surface area contributed by atoms with Crippen LogP contribution in [-0.4, -0.2) is 38.0 Å². The lowest BCUT2D eigenvalue weighted by Crippen LogP contribution is -2.46. The van der Waals surface area contributed by atoms with Crippen molar-refractivity contribution < 1.29 is 22.7 Å². The van der Waals surface area contributed by atoms with Crippen LogP contribution in [0.1, 0.15) is 63.4 Å². The van der Waals surface area contributed by atoms with Gasteiger partial charge in [0, 0.05) is 29.8 Å². The zero-order valence-corrected chi connectivity index (χ0v) is 21.9.